The van der Waals surface area contributed by atoms with E-state index >= 15 is 0 Å². The van der Waals surface area contributed by atoms with Crippen LogP contribution < -0.4 is 5.32 Å². The first-order valence-corrected chi connectivity index (χ1v) is 8.93. The van der Waals surface area contributed by atoms with Gasteiger partial charge in [-0.05, 0) is 40.5 Å². The molecule has 0 spiro atoms. The molecule has 1 aromatic heterocycles. The van der Waals surface area contributed by atoms with Gasteiger partial charge in [0.1, 0.15) is 11.4 Å². The van der Waals surface area contributed by atoms with Crippen molar-refractivity contribution in [3.05, 3.63) is 17.7 Å². The summed E-state index contributed by atoms with van der Waals surface area (Å²) < 4.78 is 12.8. The Hall–Kier alpha value is -1.56. The number of aromatic nitrogens is 2. The van der Waals surface area contributed by atoms with E-state index in [1.165, 1.54) is 0 Å². The molecule has 0 aromatic carbocycles. The zero-order valence-electron chi connectivity index (χ0n) is 16.0. The second-order valence-corrected chi connectivity index (χ2v) is 6.75. The van der Waals surface area contributed by atoms with Crippen molar-refractivity contribution in [3.63, 3.8) is 0 Å². The van der Waals surface area contributed by atoms with Crippen LogP contribution in [0.2, 0.25) is 0 Å². The van der Waals surface area contributed by atoms with Crippen molar-refractivity contribution in [2.24, 2.45) is 0 Å². The average Bonchev–Trinajstić information content (AvgIpc) is 2.89. The van der Waals surface area contributed by atoms with Gasteiger partial charge in [-0.1, -0.05) is 13.8 Å². The van der Waals surface area contributed by atoms with E-state index in [4.69, 9.17) is 9.47 Å². The topological polar surface area (TPSA) is 65.4 Å². The molecule has 138 valence electrons. The van der Waals surface area contributed by atoms with Crippen molar-refractivity contribution in [3.8, 4) is 0 Å². The largest absolute Gasteiger partial charge is 0.444 e. The molecule has 1 fully saturated rings. The number of alkyl carbamates (subject to hydrolysis) is 1. The van der Waals surface area contributed by atoms with Gasteiger partial charge in [0.2, 0.25) is 0 Å². The summed E-state index contributed by atoms with van der Waals surface area (Å²) in [5.74, 6) is 1.55. The highest BCUT2D eigenvalue weighted by Gasteiger charge is 2.21. The molecule has 1 aliphatic heterocycles. The first-order valence-electron chi connectivity index (χ1n) is 8.93. The molecular formula is C18H33N3O3. The third-order valence-electron chi connectivity index (χ3n) is 3.54. The highest BCUT2D eigenvalue weighted by molar-refractivity contribution is 5.67. The minimum Gasteiger partial charge on any atom is -0.444 e. The van der Waals surface area contributed by atoms with E-state index < -0.39 is 5.60 Å². The Morgan fingerprint density at radius 3 is 2.58 bits per heavy atom. The number of nitrogens with zero attached hydrogens (tertiary/aromatic N) is 2. The monoisotopic (exact) mass is 339 g/mol. The Morgan fingerprint density at radius 2 is 2.00 bits per heavy atom. The smallest absolute Gasteiger partial charge is 0.407 e. The van der Waals surface area contributed by atoms with E-state index in [0.29, 0.717) is 19.0 Å². The zero-order valence-corrected chi connectivity index (χ0v) is 16.0. The van der Waals surface area contributed by atoms with Gasteiger partial charge in [-0.25, -0.2) is 9.78 Å². The van der Waals surface area contributed by atoms with Crippen LogP contribution in [0.4, 0.5) is 4.79 Å². The van der Waals surface area contributed by atoms with E-state index in [2.05, 4.69) is 14.9 Å². The predicted molar refractivity (Wildman–Crippen MR) is 95.3 cm³/mol. The number of rotatable bonds is 4. The molecule has 1 amide bonds. The molecule has 0 atom stereocenters. The van der Waals surface area contributed by atoms with Crippen LogP contribution in [0.15, 0.2) is 6.20 Å². The molecule has 0 unspecified atom stereocenters. The van der Waals surface area contributed by atoms with E-state index in [1.54, 1.807) is 0 Å². The second kappa shape index (κ2) is 9.67. The maximum Gasteiger partial charge on any atom is 0.407 e. The predicted octanol–water partition coefficient (Wildman–Crippen LogP) is 3.64. The van der Waals surface area contributed by atoms with E-state index in [0.717, 1.165) is 37.6 Å². The van der Waals surface area contributed by atoms with Gasteiger partial charge in [-0.3, -0.25) is 0 Å². The van der Waals surface area contributed by atoms with Gasteiger partial charge in [-0.2, -0.15) is 0 Å². The van der Waals surface area contributed by atoms with Crippen LogP contribution in [0.1, 0.15) is 64.9 Å². The molecule has 1 N–H and O–H groups in total. The van der Waals surface area contributed by atoms with Crippen LogP contribution in [-0.4, -0.2) is 41.0 Å². The van der Waals surface area contributed by atoms with Gasteiger partial charge in [0.25, 0.3) is 0 Å². The van der Waals surface area contributed by atoms with Crippen molar-refractivity contribution in [2.45, 2.75) is 72.4 Å². The van der Waals surface area contributed by atoms with Gasteiger partial charge >= 0.3 is 6.09 Å². The Kier molecular flexibility index (Phi) is 8.25. The molecular weight excluding hydrogens is 306 g/mol. The fourth-order valence-electron chi connectivity index (χ4n) is 2.62. The van der Waals surface area contributed by atoms with Crippen LogP contribution in [0.3, 0.4) is 0 Å². The summed E-state index contributed by atoms with van der Waals surface area (Å²) in [4.78, 5) is 16.3. The SMILES string of the molecule is CC.Cc1cn(CCNC(=O)OC(C)(C)C)c(C2CCOCC2)n1. The first-order chi connectivity index (χ1) is 11.3. The first kappa shape index (κ1) is 20.5. The molecule has 6 heteroatoms. The van der Waals surface area contributed by atoms with Gasteiger partial charge in [0.15, 0.2) is 0 Å². The highest BCUT2D eigenvalue weighted by Crippen LogP contribution is 2.26. The number of carbonyl (C=O) groups excluding carboxylic acids is 1. The molecule has 0 saturated carbocycles. The number of aryl methyl sites for hydroxylation is 1. The summed E-state index contributed by atoms with van der Waals surface area (Å²) in [6.45, 7) is 14.4. The summed E-state index contributed by atoms with van der Waals surface area (Å²) in [5, 5.41) is 2.79. The maximum absolute atomic E-state index is 11.7. The summed E-state index contributed by atoms with van der Waals surface area (Å²) in [6, 6.07) is 0. The second-order valence-electron chi connectivity index (χ2n) is 6.75. The highest BCUT2D eigenvalue weighted by atomic mass is 16.6. The Balaban J connectivity index is 0.00000139. The number of imidazole rings is 1. The van der Waals surface area contributed by atoms with Gasteiger partial charge in [0, 0.05) is 38.4 Å². The van der Waals surface area contributed by atoms with Crippen LogP contribution in [-0.2, 0) is 16.0 Å². The normalized spacial score (nSPS) is 15.4. The summed E-state index contributed by atoms with van der Waals surface area (Å²) in [5.41, 5.74) is 0.543. The minimum absolute atomic E-state index is 0.378. The van der Waals surface area contributed by atoms with E-state index in [-0.39, 0.29) is 6.09 Å². The third kappa shape index (κ3) is 6.91. The molecule has 1 aromatic rings. The summed E-state index contributed by atoms with van der Waals surface area (Å²) >= 11 is 0. The van der Waals surface area contributed by atoms with Crippen molar-refractivity contribution in [1.29, 1.82) is 0 Å². The summed E-state index contributed by atoms with van der Waals surface area (Å²) in [7, 11) is 0. The number of ether oxygens (including phenoxy) is 2. The van der Waals surface area contributed by atoms with Crippen molar-refractivity contribution in [1.82, 2.24) is 14.9 Å². The van der Waals surface area contributed by atoms with Crippen LogP contribution in [0.5, 0.6) is 0 Å². The number of nitrogens with one attached hydrogen (secondary N) is 1. The van der Waals surface area contributed by atoms with Crippen LogP contribution >= 0.6 is 0 Å². The van der Waals surface area contributed by atoms with Gasteiger partial charge < -0.3 is 19.4 Å². The van der Waals surface area contributed by atoms with Gasteiger partial charge in [-0.15, -0.1) is 0 Å². The number of hydrogen-bond acceptors (Lipinski definition) is 4. The molecule has 2 heterocycles. The van der Waals surface area contributed by atoms with Crippen molar-refractivity contribution >= 4 is 6.09 Å². The molecule has 0 radical (unpaired) electrons. The fourth-order valence-corrected chi connectivity index (χ4v) is 2.62. The number of hydrogen-bond donors (Lipinski definition) is 1. The molecule has 6 nitrogen and oxygen atoms in total. The molecule has 0 bridgehead atoms. The molecule has 2 rings (SSSR count). The quantitative estimate of drug-likeness (QED) is 0.909. The molecule has 24 heavy (non-hydrogen) atoms. The summed E-state index contributed by atoms with van der Waals surface area (Å²) in [6.07, 6.45) is 3.69. The number of carbonyl (C=O) groups is 1. The third-order valence-corrected chi connectivity index (χ3v) is 3.54. The standard InChI is InChI=1S/C16H27N3O3.C2H6/c1-12-11-19(8-7-17-15(20)22-16(2,3)4)14(18-12)13-5-9-21-10-6-13;1-2/h11,13H,5-10H2,1-4H3,(H,17,20);1-2H3. The van der Waals surface area contributed by atoms with Crippen LogP contribution in [0.25, 0.3) is 0 Å². The van der Waals surface area contributed by atoms with Crippen LogP contribution in [0, 0.1) is 6.92 Å². The molecule has 1 aliphatic rings. The molecule has 0 aliphatic carbocycles. The lowest BCUT2D eigenvalue weighted by Gasteiger charge is -2.23. The minimum atomic E-state index is -0.469. The maximum atomic E-state index is 11.7. The van der Waals surface area contributed by atoms with E-state index in [1.807, 2.05) is 47.7 Å². The van der Waals surface area contributed by atoms with Crippen molar-refractivity contribution in [2.75, 3.05) is 19.8 Å². The Labute approximate surface area is 145 Å². The lowest BCUT2D eigenvalue weighted by Crippen LogP contribution is -2.34. The lowest BCUT2D eigenvalue weighted by atomic mass is 9.99. The fraction of sp³-hybridized carbons (Fsp3) is 0.778. The Morgan fingerprint density at radius 1 is 1.38 bits per heavy atom. The molecule has 1 saturated heterocycles. The Bertz CT molecular complexity index is 500. The van der Waals surface area contributed by atoms with E-state index in [9.17, 15) is 4.79 Å². The lowest BCUT2D eigenvalue weighted by molar-refractivity contribution is 0.0525. The average molecular weight is 339 g/mol. The van der Waals surface area contributed by atoms with Crippen molar-refractivity contribution < 1.29 is 14.3 Å². The zero-order chi connectivity index (χ0) is 18.2. The van der Waals surface area contributed by atoms with Gasteiger partial charge in [0.05, 0.1) is 5.69 Å². The number of amides is 1.